The van der Waals surface area contributed by atoms with Crippen molar-refractivity contribution in [1.29, 1.82) is 0 Å². The molecule has 0 heterocycles. The van der Waals surface area contributed by atoms with Gasteiger partial charge in [0.05, 0.1) is 13.2 Å². The molecule has 0 aliphatic heterocycles. The van der Waals surface area contributed by atoms with Gasteiger partial charge in [-0.3, -0.25) is 0 Å². The number of hydrogen-bond acceptors (Lipinski definition) is 4. The summed E-state index contributed by atoms with van der Waals surface area (Å²) in [7, 11) is 3.08. The van der Waals surface area contributed by atoms with Crippen molar-refractivity contribution >= 4 is 12.0 Å². The predicted molar refractivity (Wildman–Crippen MR) is 80.7 cm³/mol. The SMILES string of the molecule is COCCN(CCOC)C(=O)N[C@@H](C(=O)O)c1ccccc1. The molecule has 1 atom stereocenters. The molecule has 0 aliphatic rings. The Kier molecular flexibility index (Phi) is 7.95. The van der Waals surface area contributed by atoms with Crippen LogP contribution >= 0.6 is 0 Å². The molecule has 22 heavy (non-hydrogen) atoms. The number of carboxylic acids is 1. The van der Waals surface area contributed by atoms with Crippen LogP contribution in [0, 0.1) is 0 Å². The number of urea groups is 1. The van der Waals surface area contributed by atoms with Crippen LogP contribution in [0.2, 0.25) is 0 Å². The van der Waals surface area contributed by atoms with Gasteiger partial charge in [-0.2, -0.15) is 0 Å². The molecule has 7 nitrogen and oxygen atoms in total. The zero-order valence-corrected chi connectivity index (χ0v) is 12.8. The molecule has 1 aromatic rings. The van der Waals surface area contributed by atoms with Crippen molar-refractivity contribution in [1.82, 2.24) is 10.2 Å². The summed E-state index contributed by atoms with van der Waals surface area (Å²) in [5.41, 5.74) is 0.516. The molecular formula is C15H22N2O5. The van der Waals surface area contributed by atoms with E-state index in [0.717, 1.165) is 0 Å². The number of ether oxygens (including phenoxy) is 2. The Labute approximate surface area is 129 Å². The smallest absolute Gasteiger partial charge is 0.330 e. The third kappa shape index (κ3) is 5.71. The van der Waals surface area contributed by atoms with Gasteiger partial charge in [-0.15, -0.1) is 0 Å². The number of carbonyl (C=O) groups is 2. The summed E-state index contributed by atoms with van der Waals surface area (Å²) in [4.78, 5) is 25.2. The monoisotopic (exact) mass is 310 g/mol. The van der Waals surface area contributed by atoms with Crippen molar-refractivity contribution in [2.75, 3.05) is 40.5 Å². The molecule has 2 N–H and O–H groups in total. The van der Waals surface area contributed by atoms with Gasteiger partial charge < -0.3 is 24.8 Å². The number of methoxy groups -OCH3 is 2. The number of nitrogens with one attached hydrogen (secondary N) is 1. The fourth-order valence-electron chi connectivity index (χ4n) is 1.87. The van der Waals surface area contributed by atoms with Crippen LogP contribution in [-0.2, 0) is 14.3 Å². The molecule has 1 rings (SSSR count). The summed E-state index contributed by atoms with van der Waals surface area (Å²) in [6, 6.07) is 7.00. The van der Waals surface area contributed by atoms with E-state index in [2.05, 4.69) is 5.32 Å². The highest BCUT2D eigenvalue weighted by Crippen LogP contribution is 2.13. The molecule has 0 bridgehead atoms. The second-order valence-corrected chi connectivity index (χ2v) is 4.60. The first-order chi connectivity index (χ1) is 10.6. The molecular weight excluding hydrogens is 288 g/mol. The second-order valence-electron chi connectivity index (χ2n) is 4.60. The Hall–Kier alpha value is -2.12. The van der Waals surface area contributed by atoms with Crippen molar-refractivity contribution in [2.45, 2.75) is 6.04 Å². The van der Waals surface area contributed by atoms with Crippen LogP contribution in [0.1, 0.15) is 11.6 Å². The fourth-order valence-corrected chi connectivity index (χ4v) is 1.87. The topological polar surface area (TPSA) is 88.1 Å². The number of carbonyl (C=O) groups excluding carboxylic acids is 1. The lowest BCUT2D eigenvalue weighted by atomic mass is 10.1. The summed E-state index contributed by atoms with van der Waals surface area (Å²) in [5, 5.41) is 11.9. The molecule has 0 fully saturated rings. The van der Waals surface area contributed by atoms with E-state index in [4.69, 9.17) is 9.47 Å². The molecule has 0 saturated carbocycles. The van der Waals surface area contributed by atoms with E-state index in [9.17, 15) is 14.7 Å². The molecule has 1 aromatic carbocycles. The van der Waals surface area contributed by atoms with Crippen LogP contribution in [0.4, 0.5) is 4.79 Å². The van der Waals surface area contributed by atoms with Crippen LogP contribution in [0.15, 0.2) is 30.3 Å². The highest BCUT2D eigenvalue weighted by atomic mass is 16.5. The zero-order chi connectivity index (χ0) is 16.4. The van der Waals surface area contributed by atoms with Gasteiger partial charge in [0.1, 0.15) is 0 Å². The summed E-state index contributed by atoms with van der Waals surface area (Å²) in [6.07, 6.45) is 0. The van der Waals surface area contributed by atoms with E-state index in [1.807, 2.05) is 0 Å². The van der Waals surface area contributed by atoms with Crippen molar-refractivity contribution in [2.24, 2.45) is 0 Å². The van der Waals surface area contributed by atoms with E-state index < -0.39 is 18.0 Å². The Morgan fingerprint density at radius 1 is 1.14 bits per heavy atom. The van der Waals surface area contributed by atoms with Gasteiger partial charge in [-0.25, -0.2) is 9.59 Å². The Morgan fingerprint density at radius 2 is 1.68 bits per heavy atom. The number of aliphatic carboxylic acids is 1. The van der Waals surface area contributed by atoms with Gasteiger partial charge >= 0.3 is 12.0 Å². The fraction of sp³-hybridized carbons (Fsp3) is 0.467. The molecule has 0 saturated heterocycles. The number of benzene rings is 1. The van der Waals surface area contributed by atoms with Gasteiger partial charge in [0.2, 0.25) is 0 Å². The van der Waals surface area contributed by atoms with Crippen LogP contribution in [0.25, 0.3) is 0 Å². The highest BCUT2D eigenvalue weighted by Gasteiger charge is 2.24. The first-order valence-corrected chi connectivity index (χ1v) is 6.91. The van der Waals surface area contributed by atoms with E-state index in [-0.39, 0.29) is 0 Å². The molecule has 0 radical (unpaired) electrons. The largest absolute Gasteiger partial charge is 0.479 e. The lowest BCUT2D eigenvalue weighted by Crippen LogP contribution is -2.46. The average Bonchev–Trinajstić information content (AvgIpc) is 2.53. The Bertz CT molecular complexity index is 458. The number of hydrogen-bond donors (Lipinski definition) is 2. The van der Waals surface area contributed by atoms with Crippen molar-refractivity contribution < 1.29 is 24.2 Å². The minimum atomic E-state index is -1.11. The molecule has 0 aliphatic carbocycles. The number of amides is 2. The maximum atomic E-state index is 12.3. The van der Waals surface area contributed by atoms with E-state index in [1.54, 1.807) is 30.3 Å². The average molecular weight is 310 g/mol. The Balaban J connectivity index is 2.76. The van der Waals surface area contributed by atoms with E-state index in [0.29, 0.717) is 31.9 Å². The normalized spacial score (nSPS) is 11.7. The lowest BCUT2D eigenvalue weighted by Gasteiger charge is -2.25. The zero-order valence-electron chi connectivity index (χ0n) is 12.8. The van der Waals surface area contributed by atoms with Crippen molar-refractivity contribution in [3.63, 3.8) is 0 Å². The summed E-state index contributed by atoms with van der Waals surface area (Å²) in [6.45, 7) is 1.43. The minimum absolute atomic E-state index is 0.354. The van der Waals surface area contributed by atoms with Crippen LogP contribution in [-0.4, -0.2) is 62.5 Å². The van der Waals surface area contributed by atoms with E-state index >= 15 is 0 Å². The van der Waals surface area contributed by atoms with Gasteiger partial charge in [-0.05, 0) is 5.56 Å². The van der Waals surface area contributed by atoms with Gasteiger partial charge in [0.25, 0.3) is 0 Å². The number of nitrogens with zero attached hydrogens (tertiary/aromatic N) is 1. The number of carboxylic acid groups (broad SMARTS) is 1. The molecule has 0 unspecified atom stereocenters. The summed E-state index contributed by atoms with van der Waals surface area (Å²) < 4.78 is 9.92. The van der Waals surface area contributed by atoms with E-state index in [1.165, 1.54) is 19.1 Å². The van der Waals surface area contributed by atoms with Gasteiger partial charge in [0, 0.05) is 27.3 Å². The molecule has 0 aromatic heterocycles. The molecule has 2 amide bonds. The first kappa shape index (κ1) is 17.9. The van der Waals surface area contributed by atoms with Gasteiger partial charge in [0.15, 0.2) is 6.04 Å². The van der Waals surface area contributed by atoms with Crippen LogP contribution in [0.5, 0.6) is 0 Å². The summed E-state index contributed by atoms with van der Waals surface area (Å²) in [5.74, 6) is -1.11. The van der Waals surface area contributed by atoms with Crippen molar-refractivity contribution in [3.05, 3.63) is 35.9 Å². The molecule has 7 heteroatoms. The lowest BCUT2D eigenvalue weighted by molar-refractivity contribution is -0.139. The quantitative estimate of drug-likeness (QED) is 0.713. The second kappa shape index (κ2) is 9.75. The highest BCUT2D eigenvalue weighted by molar-refractivity contribution is 5.83. The first-order valence-electron chi connectivity index (χ1n) is 6.91. The maximum Gasteiger partial charge on any atom is 0.330 e. The number of rotatable bonds is 9. The minimum Gasteiger partial charge on any atom is -0.479 e. The maximum absolute atomic E-state index is 12.3. The van der Waals surface area contributed by atoms with Crippen molar-refractivity contribution in [3.8, 4) is 0 Å². The third-order valence-corrected chi connectivity index (χ3v) is 3.07. The van der Waals surface area contributed by atoms with Crippen LogP contribution in [0.3, 0.4) is 0 Å². The molecule has 0 spiro atoms. The molecule has 122 valence electrons. The van der Waals surface area contributed by atoms with Crippen LogP contribution < -0.4 is 5.32 Å². The summed E-state index contributed by atoms with van der Waals surface area (Å²) >= 11 is 0. The van der Waals surface area contributed by atoms with Gasteiger partial charge in [-0.1, -0.05) is 30.3 Å². The third-order valence-electron chi connectivity index (χ3n) is 3.07. The standard InChI is InChI=1S/C15H22N2O5/c1-21-10-8-17(9-11-22-2)15(20)16-13(14(18)19)12-6-4-3-5-7-12/h3-7,13H,8-11H2,1-2H3,(H,16,20)(H,18,19)/t13-/m1/s1. The predicted octanol–water partition coefficient (Wildman–Crippen LogP) is 1.12. The Morgan fingerprint density at radius 3 is 2.14 bits per heavy atom.